The van der Waals surface area contributed by atoms with E-state index in [0.29, 0.717) is 17.4 Å². The highest BCUT2D eigenvalue weighted by atomic mass is 31.2. The largest absolute Gasteiger partial charge is 0.472 e. The third kappa shape index (κ3) is 61.9. The van der Waals surface area contributed by atoms with Crippen molar-refractivity contribution >= 4 is 19.8 Å². The minimum atomic E-state index is -4.40. The Morgan fingerprint density at radius 3 is 1.03 bits per heavy atom. The third-order valence-electron chi connectivity index (χ3n) is 13.3. The number of carbonyl (C=O) groups is 2. The maximum atomic E-state index is 12.9. The van der Waals surface area contributed by atoms with E-state index in [0.717, 1.165) is 103 Å². The molecule has 0 aromatic carbocycles. The summed E-state index contributed by atoms with van der Waals surface area (Å²) in [5.41, 5.74) is 0. The number of phosphoric ester groups is 1. The summed E-state index contributed by atoms with van der Waals surface area (Å²) in [6.45, 7) is 4.22. The second-order valence-electron chi connectivity index (χ2n) is 22.0. The molecule has 2 unspecified atom stereocenters. The minimum absolute atomic E-state index is 0.0268. The minimum Gasteiger partial charge on any atom is -0.462 e. The average Bonchev–Trinajstić information content (AvgIpc) is 3.41. The molecule has 0 radical (unpaired) electrons. The predicted molar refractivity (Wildman–Crippen MR) is 335 cm³/mol. The molecular formula is C68H119NO8P+. The summed E-state index contributed by atoms with van der Waals surface area (Å²) in [6, 6.07) is 0. The number of hydrogen-bond acceptors (Lipinski definition) is 7. The fourth-order valence-electron chi connectivity index (χ4n) is 8.51. The molecule has 0 heterocycles. The Kier molecular flexibility index (Phi) is 55.8. The summed E-state index contributed by atoms with van der Waals surface area (Å²) >= 11 is 0. The lowest BCUT2D eigenvalue weighted by Crippen LogP contribution is -2.37. The van der Waals surface area contributed by atoms with Gasteiger partial charge in [-0.3, -0.25) is 18.6 Å². The van der Waals surface area contributed by atoms with Gasteiger partial charge in [0.25, 0.3) is 0 Å². The van der Waals surface area contributed by atoms with Crippen molar-refractivity contribution in [3.8, 4) is 0 Å². The second kappa shape index (κ2) is 58.3. The SMILES string of the molecule is CC/C=C\C/C=C\C/C=C\C/C=C\C/C=C\CCCCCCCCCCCCCC(=O)OC(COC(=O)CCCCCCCCCCCCCCCC/C=C\C/C=C\C/C=C\C/C=C\CC)COP(=O)(O)OCC[N+](C)(C)C. The van der Waals surface area contributed by atoms with Gasteiger partial charge >= 0.3 is 19.8 Å². The van der Waals surface area contributed by atoms with Gasteiger partial charge in [-0.25, -0.2) is 4.57 Å². The summed E-state index contributed by atoms with van der Waals surface area (Å²) in [5, 5.41) is 0. The number of esters is 2. The lowest BCUT2D eigenvalue weighted by molar-refractivity contribution is -0.870. The van der Waals surface area contributed by atoms with Crippen molar-refractivity contribution in [2.45, 2.75) is 264 Å². The van der Waals surface area contributed by atoms with Crippen LogP contribution in [-0.4, -0.2) is 74.9 Å². The van der Waals surface area contributed by atoms with Crippen molar-refractivity contribution in [2.24, 2.45) is 0 Å². The van der Waals surface area contributed by atoms with Gasteiger partial charge in [-0.05, 0) is 96.3 Å². The molecule has 0 aromatic rings. The normalized spacial score (nSPS) is 14.0. The van der Waals surface area contributed by atoms with Crippen LogP contribution in [0.25, 0.3) is 0 Å². The van der Waals surface area contributed by atoms with Crippen molar-refractivity contribution in [1.82, 2.24) is 0 Å². The van der Waals surface area contributed by atoms with E-state index in [2.05, 4.69) is 123 Å². The highest BCUT2D eigenvalue weighted by Gasteiger charge is 2.27. The van der Waals surface area contributed by atoms with Crippen LogP contribution in [0.1, 0.15) is 258 Å². The van der Waals surface area contributed by atoms with Gasteiger partial charge in [-0.15, -0.1) is 0 Å². The van der Waals surface area contributed by atoms with Crippen LogP contribution in [0.4, 0.5) is 0 Å². The number of likely N-dealkylation sites (N-methyl/N-ethyl adjacent to an activating group) is 1. The van der Waals surface area contributed by atoms with Gasteiger partial charge in [0.15, 0.2) is 6.10 Å². The third-order valence-corrected chi connectivity index (χ3v) is 14.3. The van der Waals surface area contributed by atoms with Crippen molar-refractivity contribution in [3.05, 3.63) is 109 Å². The van der Waals surface area contributed by atoms with Gasteiger partial charge < -0.3 is 18.9 Å². The zero-order valence-electron chi connectivity index (χ0n) is 50.9. The molecule has 0 aliphatic rings. The van der Waals surface area contributed by atoms with Crippen LogP contribution in [0.15, 0.2) is 109 Å². The molecular weight excluding hydrogens is 990 g/mol. The fourth-order valence-corrected chi connectivity index (χ4v) is 9.25. The Hall–Kier alpha value is -3.33. The molecule has 0 bridgehead atoms. The van der Waals surface area contributed by atoms with Crippen LogP contribution in [-0.2, 0) is 32.7 Å². The van der Waals surface area contributed by atoms with Gasteiger partial charge in [-0.2, -0.15) is 0 Å². The number of rotatable bonds is 57. The molecule has 1 N–H and O–H groups in total. The molecule has 0 amide bonds. The first-order chi connectivity index (χ1) is 38.0. The van der Waals surface area contributed by atoms with E-state index in [1.165, 1.54) is 122 Å². The molecule has 0 aliphatic heterocycles. The number of quaternary nitrogens is 1. The smallest absolute Gasteiger partial charge is 0.462 e. The molecule has 78 heavy (non-hydrogen) atoms. The number of nitrogens with zero attached hydrogens (tertiary/aromatic N) is 1. The number of hydrogen-bond donors (Lipinski definition) is 1. The van der Waals surface area contributed by atoms with E-state index >= 15 is 0 Å². The second-order valence-corrected chi connectivity index (χ2v) is 23.5. The van der Waals surface area contributed by atoms with Crippen molar-refractivity contribution in [3.63, 3.8) is 0 Å². The molecule has 0 saturated heterocycles. The Bertz CT molecular complexity index is 1680. The monoisotopic (exact) mass is 1110 g/mol. The number of phosphoric acid groups is 1. The predicted octanol–water partition coefficient (Wildman–Crippen LogP) is 20.2. The highest BCUT2D eigenvalue weighted by molar-refractivity contribution is 7.47. The van der Waals surface area contributed by atoms with E-state index in [1.807, 2.05) is 21.1 Å². The molecule has 9 nitrogen and oxygen atoms in total. The Balaban J connectivity index is 4.13. The Morgan fingerprint density at radius 2 is 0.692 bits per heavy atom. The van der Waals surface area contributed by atoms with E-state index in [-0.39, 0.29) is 32.0 Å². The first-order valence-corrected chi connectivity index (χ1v) is 33.1. The molecule has 10 heteroatoms. The van der Waals surface area contributed by atoms with Crippen LogP contribution in [0.5, 0.6) is 0 Å². The van der Waals surface area contributed by atoms with Crippen molar-refractivity contribution < 1.29 is 42.1 Å². The molecule has 448 valence electrons. The lowest BCUT2D eigenvalue weighted by atomic mass is 10.0. The van der Waals surface area contributed by atoms with E-state index in [4.69, 9.17) is 18.5 Å². The molecule has 0 saturated carbocycles. The number of unbranched alkanes of at least 4 members (excludes halogenated alkanes) is 25. The summed E-state index contributed by atoms with van der Waals surface area (Å²) in [6.07, 6.45) is 81.6. The summed E-state index contributed by atoms with van der Waals surface area (Å²) in [5.74, 6) is -0.801. The molecule has 0 spiro atoms. The first-order valence-electron chi connectivity index (χ1n) is 31.6. The van der Waals surface area contributed by atoms with Gasteiger partial charge in [0, 0.05) is 12.8 Å². The number of ether oxygens (including phenoxy) is 2. The fraction of sp³-hybridized carbons (Fsp3) is 0.706. The maximum absolute atomic E-state index is 12.9. The summed E-state index contributed by atoms with van der Waals surface area (Å²) in [7, 11) is 1.47. The quantitative estimate of drug-likeness (QED) is 0.0211. The standard InChI is InChI=1S/C68H118NO8P/c1-6-8-10-12-14-16-18-20-22-24-26-28-30-32-34-36-38-40-42-44-46-48-50-52-54-56-58-60-67(70)74-64-66(65-76-78(72,73)75-63-62-69(3,4)5)77-68(71)61-59-57-55-53-51-49-47-45-43-41-39-37-35-33-31-29-27-25-23-21-19-17-15-13-11-9-7-2/h8-11,14-17,20-23,26-29,33,35,66H,6-7,12-13,18-19,24-25,30-32,34,36-65H2,1-5H3/p+1/b10-8-,11-9-,16-14-,17-15-,22-20-,23-21-,28-26-,29-27-,35-33-. The summed E-state index contributed by atoms with van der Waals surface area (Å²) < 4.78 is 34.7. The van der Waals surface area contributed by atoms with Crippen LogP contribution in [0.2, 0.25) is 0 Å². The molecule has 0 aliphatic carbocycles. The number of allylic oxidation sites excluding steroid dienone is 18. The van der Waals surface area contributed by atoms with Gasteiger partial charge in [0.2, 0.25) is 0 Å². The zero-order chi connectivity index (χ0) is 57.0. The number of carbonyl (C=O) groups excluding carboxylic acids is 2. The van der Waals surface area contributed by atoms with E-state index in [1.54, 1.807) is 0 Å². The molecule has 0 fully saturated rings. The van der Waals surface area contributed by atoms with Crippen LogP contribution >= 0.6 is 7.82 Å². The zero-order valence-corrected chi connectivity index (χ0v) is 51.8. The first kappa shape index (κ1) is 74.7. The van der Waals surface area contributed by atoms with Crippen LogP contribution in [0, 0.1) is 0 Å². The van der Waals surface area contributed by atoms with Crippen molar-refractivity contribution in [2.75, 3.05) is 47.5 Å². The van der Waals surface area contributed by atoms with Crippen LogP contribution < -0.4 is 0 Å². The molecule has 0 aromatic heterocycles. The summed E-state index contributed by atoms with van der Waals surface area (Å²) in [4.78, 5) is 35.8. The Morgan fingerprint density at radius 1 is 0.397 bits per heavy atom. The van der Waals surface area contributed by atoms with Crippen molar-refractivity contribution in [1.29, 1.82) is 0 Å². The van der Waals surface area contributed by atoms with E-state index < -0.39 is 26.5 Å². The van der Waals surface area contributed by atoms with Gasteiger partial charge in [0.05, 0.1) is 27.7 Å². The van der Waals surface area contributed by atoms with Gasteiger partial charge in [0.1, 0.15) is 19.8 Å². The van der Waals surface area contributed by atoms with Crippen LogP contribution in [0.3, 0.4) is 0 Å². The molecule has 0 rings (SSSR count). The average molecular weight is 1110 g/mol. The maximum Gasteiger partial charge on any atom is 0.472 e. The Labute approximate surface area is 480 Å². The van der Waals surface area contributed by atoms with E-state index in [9.17, 15) is 19.0 Å². The highest BCUT2D eigenvalue weighted by Crippen LogP contribution is 2.43. The molecule has 2 atom stereocenters. The topological polar surface area (TPSA) is 108 Å². The van der Waals surface area contributed by atoms with Gasteiger partial charge in [-0.1, -0.05) is 258 Å². The lowest BCUT2D eigenvalue weighted by Gasteiger charge is -2.24.